The van der Waals surface area contributed by atoms with Gasteiger partial charge in [-0.1, -0.05) is 0 Å². The topological polar surface area (TPSA) is 63.2 Å². The Bertz CT molecular complexity index is 415. The third-order valence-corrected chi connectivity index (χ3v) is 3.64. The molecule has 148 valence electrons. The van der Waals surface area contributed by atoms with Gasteiger partial charge < -0.3 is 19.7 Å². The van der Waals surface area contributed by atoms with Crippen LogP contribution in [-0.2, 0) is 14.3 Å². The molecule has 0 aromatic rings. The number of guanidine groups is 1. The Morgan fingerprint density at radius 2 is 1.96 bits per heavy atom. The van der Waals surface area contributed by atoms with Crippen molar-refractivity contribution in [3.8, 4) is 0 Å². The number of carbonyl (C=O) groups excluding carboxylic acids is 1. The largest absolute Gasteiger partial charge is 0.469 e. The Balaban J connectivity index is 0.00000576. The van der Waals surface area contributed by atoms with Crippen LogP contribution >= 0.6 is 24.0 Å². The molecule has 1 aliphatic heterocycles. The highest BCUT2D eigenvalue weighted by molar-refractivity contribution is 14.0. The lowest BCUT2D eigenvalue weighted by Crippen LogP contribution is -2.46. The average Bonchev–Trinajstić information content (AvgIpc) is 2.55. The van der Waals surface area contributed by atoms with Crippen molar-refractivity contribution in [3.63, 3.8) is 0 Å². The molecule has 0 aromatic carbocycles. The quantitative estimate of drug-likeness (QED) is 0.199. The number of carbonyl (C=O) groups is 1. The van der Waals surface area contributed by atoms with Crippen LogP contribution in [0.4, 0.5) is 13.2 Å². The molecule has 0 aliphatic carbocycles. The number of ether oxygens (including phenoxy) is 2. The lowest BCUT2D eigenvalue weighted by atomic mass is 9.97. The van der Waals surface area contributed by atoms with Gasteiger partial charge in [-0.2, -0.15) is 13.2 Å². The summed E-state index contributed by atoms with van der Waals surface area (Å²) in [5, 5.41) is 3.16. The van der Waals surface area contributed by atoms with E-state index in [0.717, 1.165) is 5.96 Å². The van der Waals surface area contributed by atoms with E-state index in [-0.39, 0.29) is 42.5 Å². The lowest BCUT2D eigenvalue weighted by molar-refractivity contribution is -0.173. The Morgan fingerprint density at radius 3 is 2.48 bits per heavy atom. The first kappa shape index (κ1) is 24.2. The van der Waals surface area contributed by atoms with Crippen molar-refractivity contribution in [2.45, 2.75) is 32.4 Å². The lowest BCUT2D eigenvalue weighted by Gasteiger charge is -2.33. The molecule has 10 heteroatoms. The molecule has 1 N–H and O–H groups in total. The number of nitrogens with zero attached hydrogens (tertiary/aromatic N) is 2. The summed E-state index contributed by atoms with van der Waals surface area (Å²) in [5.41, 5.74) is 0. The first-order valence-electron chi connectivity index (χ1n) is 8.13. The zero-order chi connectivity index (χ0) is 18.0. The van der Waals surface area contributed by atoms with Gasteiger partial charge >= 0.3 is 12.1 Å². The van der Waals surface area contributed by atoms with Gasteiger partial charge in [0.05, 0.1) is 13.0 Å². The standard InChI is InChI=1S/C15H26F3N3O3.HI/c1-3-19-14(20-7-4-10-24-11-15(16,17)18)21-8-5-12(6-9-21)13(22)23-2;/h12H,3-11H2,1-2H3,(H,19,20);1H. The molecule has 1 saturated heterocycles. The zero-order valence-electron chi connectivity index (χ0n) is 14.6. The summed E-state index contributed by atoms with van der Waals surface area (Å²) >= 11 is 0. The maximum absolute atomic E-state index is 11.9. The van der Waals surface area contributed by atoms with Crippen LogP contribution in [0, 0.1) is 5.92 Å². The van der Waals surface area contributed by atoms with Crippen molar-refractivity contribution in [2.24, 2.45) is 10.9 Å². The number of halogens is 4. The molecule has 0 atom stereocenters. The molecule has 1 aliphatic rings. The molecule has 0 spiro atoms. The molecule has 25 heavy (non-hydrogen) atoms. The number of likely N-dealkylation sites (tertiary alicyclic amines) is 1. The normalized spacial score (nSPS) is 16.4. The van der Waals surface area contributed by atoms with E-state index in [0.29, 0.717) is 45.4 Å². The second-order valence-electron chi connectivity index (χ2n) is 5.54. The Hall–Kier alpha value is -0.780. The van der Waals surface area contributed by atoms with Crippen LogP contribution in [0.3, 0.4) is 0 Å². The van der Waals surface area contributed by atoms with Gasteiger partial charge in [-0.15, -0.1) is 24.0 Å². The monoisotopic (exact) mass is 481 g/mol. The van der Waals surface area contributed by atoms with Crippen molar-refractivity contribution in [3.05, 3.63) is 0 Å². The second-order valence-corrected chi connectivity index (χ2v) is 5.54. The first-order chi connectivity index (χ1) is 11.4. The maximum atomic E-state index is 11.9. The van der Waals surface area contributed by atoms with Crippen molar-refractivity contribution in [1.29, 1.82) is 0 Å². The van der Waals surface area contributed by atoms with Gasteiger partial charge in [0.15, 0.2) is 5.96 Å². The van der Waals surface area contributed by atoms with Crippen LogP contribution in [-0.4, -0.2) is 69.5 Å². The van der Waals surface area contributed by atoms with Crippen LogP contribution in [0.15, 0.2) is 4.99 Å². The summed E-state index contributed by atoms with van der Waals surface area (Å²) in [7, 11) is 1.39. The Morgan fingerprint density at radius 1 is 1.32 bits per heavy atom. The van der Waals surface area contributed by atoms with Gasteiger partial charge in [0, 0.05) is 32.8 Å². The van der Waals surface area contributed by atoms with E-state index in [1.165, 1.54) is 7.11 Å². The van der Waals surface area contributed by atoms with Gasteiger partial charge in [0.2, 0.25) is 0 Å². The summed E-state index contributed by atoms with van der Waals surface area (Å²) < 4.78 is 45.2. The number of hydrogen-bond acceptors (Lipinski definition) is 4. The molecule has 6 nitrogen and oxygen atoms in total. The van der Waals surface area contributed by atoms with Gasteiger partial charge in [-0.25, -0.2) is 0 Å². The average molecular weight is 481 g/mol. The smallest absolute Gasteiger partial charge is 0.411 e. The molecule has 1 fully saturated rings. The Labute approximate surface area is 163 Å². The van der Waals surface area contributed by atoms with Crippen LogP contribution in [0.5, 0.6) is 0 Å². The SMILES string of the molecule is CCNC(=NCCCOCC(F)(F)F)N1CCC(C(=O)OC)CC1.I. The number of rotatable bonds is 7. The number of nitrogens with one attached hydrogen (secondary N) is 1. The predicted molar refractivity (Wildman–Crippen MR) is 99.2 cm³/mol. The van der Waals surface area contributed by atoms with Gasteiger partial charge in [0.1, 0.15) is 6.61 Å². The number of aliphatic imine (C=N–C) groups is 1. The van der Waals surface area contributed by atoms with Crippen LogP contribution in [0.2, 0.25) is 0 Å². The number of alkyl halides is 3. The van der Waals surface area contributed by atoms with Crippen molar-refractivity contribution in [2.75, 3.05) is 46.5 Å². The summed E-state index contributed by atoms with van der Waals surface area (Å²) in [6.07, 6.45) is -2.47. The molecule has 1 rings (SSSR count). The minimum atomic E-state index is -4.29. The van der Waals surface area contributed by atoms with E-state index in [1.54, 1.807) is 0 Å². The van der Waals surface area contributed by atoms with E-state index in [1.807, 2.05) is 6.92 Å². The molecule has 0 saturated carbocycles. The van der Waals surface area contributed by atoms with Gasteiger partial charge in [-0.05, 0) is 26.2 Å². The maximum Gasteiger partial charge on any atom is 0.411 e. The fourth-order valence-electron chi connectivity index (χ4n) is 2.46. The fraction of sp³-hybridized carbons (Fsp3) is 0.867. The van der Waals surface area contributed by atoms with Crippen LogP contribution < -0.4 is 5.32 Å². The highest BCUT2D eigenvalue weighted by atomic mass is 127. The molecular weight excluding hydrogens is 454 g/mol. The Kier molecular flexibility index (Phi) is 12.2. The molecular formula is C15H27F3IN3O3. The third kappa shape index (κ3) is 10.1. The van der Waals surface area contributed by atoms with E-state index in [4.69, 9.17) is 4.74 Å². The number of methoxy groups -OCH3 is 1. The molecule has 0 unspecified atom stereocenters. The minimum absolute atomic E-state index is 0. The molecule has 0 aromatic heterocycles. The summed E-state index contributed by atoms with van der Waals surface area (Å²) in [5.74, 6) is 0.458. The predicted octanol–water partition coefficient (Wildman–Crippen LogP) is 2.42. The van der Waals surface area contributed by atoms with Crippen molar-refractivity contribution < 1.29 is 27.4 Å². The number of piperidine rings is 1. The molecule has 0 amide bonds. The van der Waals surface area contributed by atoms with Crippen molar-refractivity contribution >= 4 is 35.9 Å². The fourth-order valence-corrected chi connectivity index (χ4v) is 2.46. The van der Waals surface area contributed by atoms with E-state index >= 15 is 0 Å². The number of esters is 1. The first-order valence-corrected chi connectivity index (χ1v) is 8.13. The summed E-state index contributed by atoms with van der Waals surface area (Å²) in [6.45, 7) is 3.21. The van der Waals surface area contributed by atoms with E-state index in [9.17, 15) is 18.0 Å². The highest BCUT2D eigenvalue weighted by Gasteiger charge is 2.28. The molecule has 0 bridgehead atoms. The van der Waals surface area contributed by atoms with Crippen LogP contribution in [0.1, 0.15) is 26.2 Å². The van der Waals surface area contributed by atoms with Crippen molar-refractivity contribution in [1.82, 2.24) is 10.2 Å². The molecule has 1 heterocycles. The van der Waals surface area contributed by atoms with Crippen LogP contribution in [0.25, 0.3) is 0 Å². The second kappa shape index (κ2) is 12.6. The van der Waals surface area contributed by atoms with E-state index < -0.39 is 12.8 Å². The van der Waals surface area contributed by atoms with E-state index in [2.05, 4.69) is 19.9 Å². The highest BCUT2D eigenvalue weighted by Crippen LogP contribution is 2.18. The molecule has 0 radical (unpaired) electrons. The summed E-state index contributed by atoms with van der Waals surface area (Å²) in [6, 6.07) is 0. The zero-order valence-corrected chi connectivity index (χ0v) is 16.9. The third-order valence-electron chi connectivity index (χ3n) is 3.64. The minimum Gasteiger partial charge on any atom is -0.469 e. The summed E-state index contributed by atoms with van der Waals surface area (Å²) in [4.78, 5) is 18.0. The van der Waals surface area contributed by atoms with Gasteiger partial charge in [0.25, 0.3) is 0 Å². The number of hydrogen-bond donors (Lipinski definition) is 1. The van der Waals surface area contributed by atoms with Gasteiger partial charge in [-0.3, -0.25) is 9.79 Å².